The van der Waals surface area contributed by atoms with Crippen molar-refractivity contribution in [3.63, 3.8) is 0 Å². The maximum Gasteiger partial charge on any atom is 0.337 e. The second kappa shape index (κ2) is 8.01. The molecule has 0 aliphatic rings. The smallest absolute Gasteiger partial charge is 0.337 e. The Morgan fingerprint density at radius 2 is 1.54 bits per heavy atom. The molecule has 0 unspecified atom stereocenters. The summed E-state index contributed by atoms with van der Waals surface area (Å²) in [6, 6.07) is 14.3. The van der Waals surface area contributed by atoms with E-state index in [1.54, 1.807) is 24.3 Å². The summed E-state index contributed by atoms with van der Waals surface area (Å²) in [5.74, 6) is -0.576. The molecule has 6 heteroatoms. The highest BCUT2D eigenvalue weighted by Gasteiger charge is 2.06. The molecule has 0 aliphatic heterocycles. The highest BCUT2D eigenvalue weighted by Crippen LogP contribution is 2.15. The number of hydrogen-bond donors (Lipinski definition) is 2. The number of nitrogens with one attached hydrogen (secondary N) is 2. The number of benzene rings is 2. The number of anilines is 3. The third-order valence-corrected chi connectivity index (χ3v) is 3.43. The molecule has 0 fully saturated rings. The molecular weight excluding hydrogens is 306 g/mol. The monoisotopic (exact) mass is 327 g/mol. The molecule has 2 rings (SSSR count). The van der Waals surface area contributed by atoms with Gasteiger partial charge in [-0.3, -0.25) is 4.79 Å². The number of carbonyl (C=O) groups excluding carboxylic acids is 2. The van der Waals surface area contributed by atoms with Gasteiger partial charge in [-0.25, -0.2) is 4.79 Å². The van der Waals surface area contributed by atoms with Crippen molar-refractivity contribution in [2.45, 2.75) is 0 Å². The molecule has 0 saturated carbocycles. The van der Waals surface area contributed by atoms with E-state index in [0.29, 0.717) is 11.3 Å². The lowest BCUT2D eigenvalue weighted by Gasteiger charge is -2.13. The highest BCUT2D eigenvalue weighted by molar-refractivity contribution is 5.95. The van der Waals surface area contributed by atoms with Gasteiger partial charge in [0.2, 0.25) is 5.91 Å². The number of methoxy groups -OCH3 is 1. The van der Waals surface area contributed by atoms with Crippen molar-refractivity contribution in [3.05, 3.63) is 54.1 Å². The number of ether oxygens (including phenoxy) is 1. The maximum atomic E-state index is 12.0. The highest BCUT2D eigenvalue weighted by atomic mass is 16.5. The molecule has 1 amide bonds. The summed E-state index contributed by atoms with van der Waals surface area (Å²) in [7, 11) is 5.28. The van der Waals surface area contributed by atoms with Crippen LogP contribution in [0.3, 0.4) is 0 Å². The van der Waals surface area contributed by atoms with Gasteiger partial charge in [-0.05, 0) is 48.5 Å². The Labute approximate surface area is 141 Å². The van der Waals surface area contributed by atoms with Crippen LogP contribution >= 0.6 is 0 Å². The van der Waals surface area contributed by atoms with Crippen molar-refractivity contribution in [2.24, 2.45) is 0 Å². The van der Waals surface area contributed by atoms with Gasteiger partial charge >= 0.3 is 5.97 Å². The van der Waals surface area contributed by atoms with Crippen LogP contribution in [-0.4, -0.2) is 39.6 Å². The second-order valence-electron chi connectivity index (χ2n) is 5.41. The lowest BCUT2D eigenvalue weighted by atomic mass is 10.2. The lowest BCUT2D eigenvalue weighted by molar-refractivity contribution is -0.114. The van der Waals surface area contributed by atoms with Crippen molar-refractivity contribution in [1.29, 1.82) is 0 Å². The van der Waals surface area contributed by atoms with E-state index < -0.39 is 5.97 Å². The number of esters is 1. The fraction of sp³-hybridized carbons (Fsp3) is 0.222. The van der Waals surface area contributed by atoms with Gasteiger partial charge in [0.05, 0.1) is 19.2 Å². The van der Waals surface area contributed by atoms with E-state index in [0.717, 1.165) is 11.4 Å². The Kier molecular flexibility index (Phi) is 5.78. The van der Waals surface area contributed by atoms with Crippen LogP contribution < -0.4 is 15.5 Å². The number of hydrogen-bond acceptors (Lipinski definition) is 5. The maximum absolute atomic E-state index is 12.0. The number of rotatable bonds is 6. The van der Waals surface area contributed by atoms with Crippen LogP contribution in [0.25, 0.3) is 0 Å². The molecule has 0 aromatic heterocycles. The summed E-state index contributed by atoms with van der Waals surface area (Å²) < 4.78 is 4.63. The molecule has 2 aromatic carbocycles. The molecule has 0 spiro atoms. The molecule has 6 nitrogen and oxygen atoms in total. The van der Waals surface area contributed by atoms with Crippen LogP contribution in [0.5, 0.6) is 0 Å². The summed E-state index contributed by atoms with van der Waals surface area (Å²) >= 11 is 0. The van der Waals surface area contributed by atoms with Crippen molar-refractivity contribution < 1.29 is 14.3 Å². The molecule has 2 N–H and O–H groups in total. The van der Waals surface area contributed by atoms with Gasteiger partial charge in [-0.15, -0.1) is 0 Å². The quantitative estimate of drug-likeness (QED) is 0.798. The van der Waals surface area contributed by atoms with Crippen LogP contribution in [0.15, 0.2) is 48.5 Å². The first kappa shape index (κ1) is 17.3. The predicted molar refractivity (Wildman–Crippen MR) is 95.7 cm³/mol. The van der Waals surface area contributed by atoms with Crippen molar-refractivity contribution in [3.8, 4) is 0 Å². The topological polar surface area (TPSA) is 70.7 Å². The fourth-order valence-electron chi connectivity index (χ4n) is 2.07. The minimum atomic E-state index is -0.407. The van der Waals surface area contributed by atoms with Gasteiger partial charge in [0.15, 0.2) is 0 Å². The standard InChI is InChI=1S/C18H21N3O3/c1-21(2)16-10-8-14(9-11-16)19-12-17(22)20-15-6-4-13(5-7-15)18(23)24-3/h4-11,19H,12H2,1-3H3,(H,20,22). The SMILES string of the molecule is COC(=O)c1ccc(NC(=O)CNc2ccc(N(C)C)cc2)cc1. The Balaban J connectivity index is 1.85. The largest absolute Gasteiger partial charge is 0.465 e. The number of carbonyl (C=O) groups is 2. The Morgan fingerprint density at radius 1 is 0.958 bits per heavy atom. The van der Waals surface area contributed by atoms with Gasteiger partial charge < -0.3 is 20.3 Å². The first-order chi connectivity index (χ1) is 11.5. The molecule has 0 bridgehead atoms. The van der Waals surface area contributed by atoms with Gasteiger partial charge in [-0.1, -0.05) is 0 Å². The summed E-state index contributed by atoms with van der Waals surface area (Å²) in [4.78, 5) is 25.3. The molecule has 0 aliphatic carbocycles. The molecule has 24 heavy (non-hydrogen) atoms. The van der Waals surface area contributed by atoms with Crippen LogP contribution in [0, 0.1) is 0 Å². The normalized spacial score (nSPS) is 9.96. The van der Waals surface area contributed by atoms with E-state index in [9.17, 15) is 9.59 Å². The van der Waals surface area contributed by atoms with Gasteiger partial charge in [0.25, 0.3) is 0 Å². The lowest BCUT2D eigenvalue weighted by Crippen LogP contribution is -2.21. The summed E-state index contributed by atoms with van der Waals surface area (Å²) in [5.41, 5.74) is 3.03. The third-order valence-electron chi connectivity index (χ3n) is 3.43. The first-order valence-corrected chi connectivity index (χ1v) is 7.49. The molecule has 0 radical (unpaired) electrons. The van der Waals surface area contributed by atoms with Crippen molar-refractivity contribution in [2.75, 3.05) is 43.3 Å². The number of amides is 1. The van der Waals surface area contributed by atoms with E-state index in [4.69, 9.17) is 0 Å². The van der Waals surface area contributed by atoms with Crippen LogP contribution in [-0.2, 0) is 9.53 Å². The molecule has 2 aromatic rings. The molecule has 126 valence electrons. The minimum absolute atomic E-state index is 0.153. The number of nitrogens with zero attached hydrogens (tertiary/aromatic N) is 1. The average Bonchev–Trinajstić information content (AvgIpc) is 2.60. The Bertz CT molecular complexity index is 694. The zero-order chi connectivity index (χ0) is 17.5. The van der Waals surface area contributed by atoms with Gasteiger partial charge in [-0.2, -0.15) is 0 Å². The van der Waals surface area contributed by atoms with Gasteiger partial charge in [0, 0.05) is 31.2 Å². The van der Waals surface area contributed by atoms with E-state index in [2.05, 4.69) is 15.4 Å². The van der Waals surface area contributed by atoms with Crippen LogP contribution in [0.1, 0.15) is 10.4 Å². The Morgan fingerprint density at radius 3 is 2.08 bits per heavy atom. The molecule has 0 atom stereocenters. The first-order valence-electron chi connectivity index (χ1n) is 7.49. The predicted octanol–water partition coefficient (Wildman–Crippen LogP) is 2.59. The van der Waals surface area contributed by atoms with E-state index in [1.807, 2.05) is 43.3 Å². The zero-order valence-corrected chi connectivity index (χ0v) is 14.0. The van der Waals surface area contributed by atoms with E-state index in [-0.39, 0.29) is 12.5 Å². The van der Waals surface area contributed by atoms with Crippen molar-refractivity contribution >= 4 is 28.9 Å². The summed E-state index contributed by atoms with van der Waals surface area (Å²) in [6.45, 7) is 0.153. The van der Waals surface area contributed by atoms with Crippen LogP contribution in [0.2, 0.25) is 0 Å². The van der Waals surface area contributed by atoms with E-state index >= 15 is 0 Å². The molecule has 0 saturated heterocycles. The van der Waals surface area contributed by atoms with Crippen molar-refractivity contribution in [1.82, 2.24) is 0 Å². The molecular formula is C18H21N3O3. The summed E-state index contributed by atoms with van der Waals surface area (Å²) in [6.07, 6.45) is 0. The zero-order valence-electron chi connectivity index (χ0n) is 14.0. The fourth-order valence-corrected chi connectivity index (χ4v) is 2.07. The van der Waals surface area contributed by atoms with E-state index in [1.165, 1.54) is 7.11 Å². The molecule has 0 heterocycles. The minimum Gasteiger partial charge on any atom is -0.465 e. The average molecular weight is 327 g/mol. The van der Waals surface area contributed by atoms with Crippen LogP contribution in [0.4, 0.5) is 17.1 Å². The second-order valence-corrected chi connectivity index (χ2v) is 5.41. The Hall–Kier alpha value is -3.02. The summed E-state index contributed by atoms with van der Waals surface area (Å²) in [5, 5.41) is 5.83. The van der Waals surface area contributed by atoms with Gasteiger partial charge in [0.1, 0.15) is 0 Å². The third kappa shape index (κ3) is 4.74.